The fourth-order valence-electron chi connectivity index (χ4n) is 3.79. The van der Waals surface area contributed by atoms with Crippen LogP contribution in [0.15, 0.2) is 60.0 Å². The average Bonchev–Trinajstić information content (AvgIpc) is 3.43. The number of anilines is 1. The minimum absolute atomic E-state index is 0.0307. The first-order valence-corrected chi connectivity index (χ1v) is 11.3. The molecule has 1 fully saturated rings. The fraction of sp³-hybridized carbons (Fsp3) is 0.333. The molecule has 5 nitrogen and oxygen atoms in total. The fourth-order valence-corrected chi connectivity index (χ4v) is 4.64. The van der Waals surface area contributed by atoms with Crippen LogP contribution in [0.5, 0.6) is 5.75 Å². The highest BCUT2D eigenvalue weighted by Gasteiger charge is 2.23. The Morgan fingerprint density at radius 2 is 2.00 bits per heavy atom. The van der Waals surface area contributed by atoms with E-state index in [9.17, 15) is 4.79 Å². The predicted molar refractivity (Wildman–Crippen MR) is 122 cm³/mol. The van der Waals surface area contributed by atoms with Crippen molar-refractivity contribution in [1.29, 1.82) is 0 Å². The highest BCUT2D eigenvalue weighted by Crippen LogP contribution is 2.32. The van der Waals surface area contributed by atoms with Crippen LogP contribution in [-0.2, 0) is 11.2 Å². The van der Waals surface area contributed by atoms with Crippen molar-refractivity contribution in [1.82, 2.24) is 10.3 Å². The van der Waals surface area contributed by atoms with Crippen LogP contribution in [-0.4, -0.2) is 37.1 Å². The third-order valence-electron chi connectivity index (χ3n) is 5.31. The summed E-state index contributed by atoms with van der Waals surface area (Å²) in [7, 11) is 0. The number of nitrogens with one attached hydrogen (secondary N) is 1. The second-order valence-corrected chi connectivity index (χ2v) is 8.35. The Morgan fingerprint density at radius 1 is 1.20 bits per heavy atom. The van der Waals surface area contributed by atoms with Crippen molar-refractivity contribution in [3.8, 4) is 16.3 Å². The molecule has 1 N–H and O–H groups in total. The highest BCUT2D eigenvalue weighted by molar-refractivity contribution is 7.13. The topological polar surface area (TPSA) is 54.5 Å². The van der Waals surface area contributed by atoms with Crippen LogP contribution in [0.3, 0.4) is 0 Å². The number of amides is 1. The zero-order valence-corrected chi connectivity index (χ0v) is 18.0. The summed E-state index contributed by atoms with van der Waals surface area (Å²) in [5.74, 6) is 1.34. The molecule has 0 radical (unpaired) electrons. The maximum absolute atomic E-state index is 12.5. The third-order valence-corrected chi connectivity index (χ3v) is 6.23. The smallest absolute Gasteiger partial charge is 0.226 e. The summed E-state index contributed by atoms with van der Waals surface area (Å²) in [5, 5.41) is 5.95. The second kappa shape index (κ2) is 9.76. The molecule has 156 valence electrons. The van der Waals surface area contributed by atoms with Gasteiger partial charge in [-0.2, -0.15) is 0 Å². The molecule has 6 heteroatoms. The normalized spacial score (nSPS) is 15.9. The molecule has 1 aliphatic rings. The lowest BCUT2D eigenvalue weighted by Crippen LogP contribution is -2.32. The standard InChI is InChI=1S/C24H27N3O2S/c1-2-29-22-11-7-6-10-21(22)24-26-19(17-30-24)14-23(28)25-15-18-12-13-27(16-18)20-8-4-3-5-9-20/h3-11,17-18H,2,12-16H2,1H3,(H,25,28)/t18-/m1/s1. The molecule has 0 spiro atoms. The molecule has 0 aliphatic carbocycles. The Bertz CT molecular complexity index is 973. The van der Waals surface area contributed by atoms with Crippen LogP contribution in [0.25, 0.3) is 10.6 Å². The molecule has 0 saturated carbocycles. The molecular weight excluding hydrogens is 394 g/mol. The van der Waals surface area contributed by atoms with Gasteiger partial charge in [-0.3, -0.25) is 4.79 Å². The number of benzene rings is 2. The zero-order chi connectivity index (χ0) is 20.8. The first kappa shape index (κ1) is 20.4. The molecule has 1 atom stereocenters. The van der Waals surface area contributed by atoms with Gasteiger partial charge in [-0.25, -0.2) is 4.98 Å². The lowest BCUT2D eigenvalue weighted by Gasteiger charge is -2.18. The predicted octanol–water partition coefficient (Wildman–Crippen LogP) is 4.39. The quantitative estimate of drug-likeness (QED) is 0.586. The monoisotopic (exact) mass is 421 g/mol. The van der Waals surface area contributed by atoms with Crippen molar-refractivity contribution < 1.29 is 9.53 Å². The molecule has 4 rings (SSSR count). The van der Waals surface area contributed by atoms with E-state index in [0.717, 1.165) is 41.5 Å². The van der Waals surface area contributed by atoms with E-state index in [0.29, 0.717) is 25.5 Å². The van der Waals surface area contributed by atoms with Crippen LogP contribution in [0.2, 0.25) is 0 Å². The first-order chi connectivity index (χ1) is 14.7. The average molecular weight is 422 g/mol. The minimum atomic E-state index is 0.0307. The number of hydrogen-bond donors (Lipinski definition) is 1. The Morgan fingerprint density at radius 3 is 2.83 bits per heavy atom. The lowest BCUT2D eigenvalue weighted by molar-refractivity contribution is -0.120. The van der Waals surface area contributed by atoms with E-state index in [4.69, 9.17) is 4.74 Å². The summed E-state index contributed by atoms with van der Waals surface area (Å²) in [4.78, 5) is 19.5. The summed E-state index contributed by atoms with van der Waals surface area (Å²) in [5.41, 5.74) is 3.03. The molecule has 0 unspecified atom stereocenters. The zero-order valence-electron chi connectivity index (χ0n) is 17.2. The number of nitrogens with zero attached hydrogens (tertiary/aromatic N) is 2. The lowest BCUT2D eigenvalue weighted by atomic mass is 10.1. The van der Waals surface area contributed by atoms with Crippen molar-refractivity contribution in [2.24, 2.45) is 5.92 Å². The van der Waals surface area contributed by atoms with E-state index in [1.165, 1.54) is 5.69 Å². The van der Waals surface area contributed by atoms with Gasteiger partial charge in [0.05, 0.1) is 24.3 Å². The van der Waals surface area contributed by atoms with E-state index in [1.54, 1.807) is 11.3 Å². The maximum atomic E-state index is 12.5. The number of carbonyl (C=O) groups is 1. The molecule has 30 heavy (non-hydrogen) atoms. The molecular formula is C24H27N3O2S. The van der Waals surface area contributed by atoms with Crippen molar-refractivity contribution in [2.45, 2.75) is 19.8 Å². The van der Waals surface area contributed by atoms with Gasteiger partial charge in [0.1, 0.15) is 10.8 Å². The number of rotatable bonds is 8. The van der Waals surface area contributed by atoms with Gasteiger partial charge in [-0.15, -0.1) is 11.3 Å². The van der Waals surface area contributed by atoms with Gasteiger partial charge < -0.3 is 15.0 Å². The molecule has 0 bridgehead atoms. The molecule has 1 aliphatic heterocycles. The molecule has 3 aromatic rings. The molecule has 1 aromatic heterocycles. The van der Waals surface area contributed by atoms with E-state index < -0.39 is 0 Å². The Kier molecular flexibility index (Phi) is 6.64. The SMILES string of the molecule is CCOc1ccccc1-c1nc(CC(=O)NC[C@H]2CCN(c3ccccc3)C2)cs1. The van der Waals surface area contributed by atoms with Crippen molar-refractivity contribution >= 4 is 22.9 Å². The van der Waals surface area contributed by atoms with Crippen LogP contribution in [0.1, 0.15) is 19.0 Å². The Balaban J connectivity index is 1.28. The summed E-state index contributed by atoms with van der Waals surface area (Å²) in [6, 6.07) is 18.4. The molecule has 1 amide bonds. The first-order valence-electron chi connectivity index (χ1n) is 10.5. The number of hydrogen-bond acceptors (Lipinski definition) is 5. The van der Waals surface area contributed by atoms with Crippen LogP contribution in [0.4, 0.5) is 5.69 Å². The van der Waals surface area contributed by atoms with Gasteiger partial charge in [-0.05, 0) is 43.5 Å². The largest absolute Gasteiger partial charge is 0.493 e. The summed E-state index contributed by atoms with van der Waals surface area (Å²) >= 11 is 1.55. The van der Waals surface area contributed by atoms with Crippen LogP contribution < -0.4 is 15.0 Å². The molecule has 2 heterocycles. The van der Waals surface area contributed by atoms with Gasteiger partial charge in [0.15, 0.2) is 0 Å². The Hall–Kier alpha value is -2.86. The van der Waals surface area contributed by atoms with Gasteiger partial charge in [0, 0.05) is 30.7 Å². The highest BCUT2D eigenvalue weighted by atomic mass is 32.1. The second-order valence-electron chi connectivity index (χ2n) is 7.49. The summed E-state index contributed by atoms with van der Waals surface area (Å²) < 4.78 is 5.70. The van der Waals surface area contributed by atoms with Crippen molar-refractivity contribution in [3.05, 3.63) is 65.7 Å². The number of ether oxygens (including phenoxy) is 1. The van der Waals surface area contributed by atoms with E-state index in [-0.39, 0.29) is 5.91 Å². The third kappa shape index (κ3) is 5.00. The number of aromatic nitrogens is 1. The van der Waals surface area contributed by atoms with Gasteiger partial charge in [0.25, 0.3) is 0 Å². The number of thiazole rings is 1. The van der Waals surface area contributed by atoms with Crippen molar-refractivity contribution in [3.63, 3.8) is 0 Å². The molecule has 2 aromatic carbocycles. The van der Waals surface area contributed by atoms with Crippen LogP contribution in [0, 0.1) is 5.92 Å². The number of carbonyl (C=O) groups excluding carboxylic acids is 1. The van der Waals surface area contributed by atoms with E-state index >= 15 is 0 Å². The molecule has 1 saturated heterocycles. The van der Waals surface area contributed by atoms with E-state index in [1.807, 2.05) is 42.6 Å². The number of para-hydroxylation sites is 2. The van der Waals surface area contributed by atoms with E-state index in [2.05, 4.69) is 39.5 Å². The maximum Gasteiger partial charge on any atom is 0.226 e. The minimum Gasteiger partial charge on any atom is -0.493 e. The van der Waals surface area contributed by atoms with Gasteiger partial charge >= 0.3 is 0 Å². The summed E-state index contributed by atoms with van der Waals surface area (Å²) in [6.07, 6.45) is 1.41. The Labute approximate surface area is 181 Å². The van der Waals surface area contributed by atoms with Crippen molar-refractivity contribution in [2.75, 3.05) is 31.1 Å². The summed E-state index contributed by atoms with van der Waals surface area (Å²) in [6.45, 7) is 5.32. The van der Waals surface area contributed by atoms with Gasteiger partial charge in [-0.1, -0.05) is 30.3 Å². The van der Waals surface area contributed by atoms with Gasteiger partial charge in [0.2, 0.25) is 5.91 Å². The van der Waals surface area contributed by atoms with Crippen LogP contribution >= 0.6 is 11.3 Å².